The first-order valence-electron chi connectivity index (χ1n) is 5.23. The van der Waals surface area contributed by atoms with Crippen LogP contribution >= 0.6 is 0 Å². The van der Waals surface area contributed by atoms with Gasteiger partial charge in [-0.2, -0.15) is 0 Å². The second-order valence-corrected chi connectivity index (χ2v) is 4.35. The van der Waals surface area contributed by atoms with E-state index in [1.165, 1.54) is 5.56 Å². The van der Waals surface area contributed by atoms with Crippen molar-refractivity contribution in [2.45, 2.75) is 32.4 Å². The highest BCUT2D eigenvalue weighted by atomic mass is 16.5. The zero-order valence-corrected chi connectivity index (χ0v) is 9.95. The lowest BCUT2D eigenvalue weighted by molar-refractivity contribution is 0.0214. The van der Waals surface area contributed by atoms with Gasteiger partial charge in [-0.05, 0) is 32.4 Å². The van der Waals surface area contributed by atoms with Crippen LogP contribution in [0.5, 0.6) is 0 Å². The fourth-order valence-corrected chi connectivity index (χ4v) is 1.22. The first-order chi connectivity index (χ1) is 7.05. The molecule has 1 heterocycles. The van der Waals surface area contributed by atoms with Gasteiger partial charge < -0.3 is 10.1 Å². The molecule has 0 fully saturated rings. The van der Waals surface area contributed by atoms with E-state index in [1.54, 1.807) is 13.3 Å². The van der Waals surface area contributed by atoms with E-state index in [0.29, 0.717) is 6.04 Å². The molecule has 15 heavy (non-hydrogen) atoms. The summed E-state index contributed by atoms with van der Waals surface area (Å²) >= 11 is 0. The summed E-state index contributed by atoms with van der Waals surface area (Å²) in [6, 6.07) is 4.33. The van der Waals surface area contributed by atoms with E-state index in [2.05, 4.69) is 37.1 Å². The van der Waals surface area contributed by atoms with E-state index in [9.17, 15) is 0 Å². The van der Waals surface area contributed by atoms with Crippen LogP contribution in [-0.2, 0) is 4.74 Å². The van der Waals surface area contributed by atoms with E-state index < -0.39 is 0 Å². The third-order valence-electron chi connectivity index (χ3n) is 2.57. The van der Waals surface area contributed by atoms with Crippen LogP contribution in [0.15, 0.2) is 24.5 Å². The van der Waals surface area contributed by atoms with E-state index in [4.69, 9.17) is 4.74 Å². The molecule has 0 aliphatic rings. The molecule has 0 radical (unpaired) electrons. The van der Waals surface area contributed by atoms with Gasteiger partial charge in [0.25, 0.3) is 0 Å². The molecule has 0 aliphatic heterocycles. The highest BCUT2D eigenvalue weighted by molar-refractivity contribution is 5.12. The maximum absolute atomic E-state index is 5.35. The largest absolute Gasteiger partial charge is 0.377 e. The van der Waals surface area contributed by atoms with Gasteiger partial charge in [0.15, 0.2) is 0 Å². The Morgan fingerprint density at radius 1 is 1.53 bits per heavy atom. The molecule has 1 rings (SSSR count). The minimum atomic E-state index is -0.129. The molecule has 1 aromatic heterocycles. The highest BCUT2D eigenvalue weighted by Crippen LogP contribution is 2.12. The molecule has 1 N–H and O–H groups in total. The maximum Gasteiger partial charge on any atom is 0.0746 e. The SMILES string of the molecule is COC(C)(C)CNC(C)c1cccnc1. The van der Waals surface area contributed by atoms with E-state index in [0.717, 1.165) is 6.54 Å². The van der Waals surface area contributed by atoms with Crippen LogP contribution in [-0.4, -0.2) is 24.2 Å². The Balaban J connectivity index is 2.47. The van der Waals surface area contributed by atoms with Gasteiger partial charge in [-0.15, -0.1) is 0 Å². The summed E-state index contributed by atoms with van der Waals surface area (Å²) in [5.74, 6) is 0. The van der Waals surface area contributed by atoms with Gasteiger partial charge in [0.05, 0.1) is 5.60 Å². The Labute approximate surface area is 91.9 Å². The van der Waals surface area contributed by atoms with E-state index in [-0.39, 0.29) is 5.60 Å². The molecule has 0 amide bonds. The van der Waals surface area contributed by atoms with E-state index >= 15 is 0 Å². The molecule has 0 bridgehead atoms. The van der Waals surface area contributed by atoms with E-state index in [1.807, 2.05) is 12.3 Å². The Bertz CT molecular complexity index is 285. The van der Waals surface area contributed by atoms with Crippen molar-refractivity contribution in [3.8, 4) is 0 Å². The van der Waals surface area contributed by atoms with Gasteiger partial charge in [0, 0.05) is 32.1 Å². The topological polar surface area (TPSA) is 34.1 Å². The number of hydrogen-bond acceptors (Lipinski definition) is 3. The molecule has 1 atom stereocenters. The lowest BCUT2D eigenvalue weighted by Crippen LogP contribution is -2.37. The first-order valence-corrected chi connectivity index (χ1v) is 5.23. The van der Waals surface area contributed by atoms with Gasteiger partial charge in [0.1, 0.15) is 0 Å². The standard InChI is InChI=1S/C12H20N2O/c1-10(11-6-5-7-13-8-11)14-9-12(2,3)15-4/h5-8,10,14H,9H2,1-4H3. The van der Waals surface area contributed by atoms with Crippen LogP contribution in [0.2, 0.25) is 0 Å². The maximum atomic E-state index is 5.35. The van der Waals surface area contributed by atoms with Gasteiger partial charge in [-0.1, -0.05) is 6.07 Å². The van der Waals surface area contributed by atoms with Crippen molar-refractivity contribution in [2.75, 3.05) is 13.7 Å². The molecule has 0 saturated heterocycles. The van der Waals surface area contributed by atoms with Crippen LogP contribution in [0.25, 0.3) is 0 Å². The summed E-state index contributed by atoms with van der Waals surface area (Å²) in [5.41, 5.74) is 1.07. The van der Waals surface area contributed by atoms with Crippen molar-refractivity contribution in [3.63, 3.8) is 0 Å². The second kappa shape index (κ2) is 5.24. The second-order valence-electron chi connectivity index (χ2n) is 4.35. The fourth-order valence-electron chi connectivity index (χ4n) is 1.22. The molecule has 3 nitrogen and oxygen atoms in total. The minimum absolute atomic E-state index is 0.129. The lowest BCUT2D eigenvalue weighted by atomic mass is 10.1. The quantitative estimate of drug-likeness (QED) is 0.805. The first kappa shape index (κ1) is 12.1. The number of hydrogen-bond donors (Lipinski definition) is 1. The molecular weight excluding hydrogens is 188 g/mol. The monoisotopic (exact) mass is 208 g/mol. The third kappa shape index (κ3) is 3.98. The number of aromatic nitrogens is 1. The molecule has 0 aliphatic carbocycles. The normalized spacial score (nSPS) is 13.9. The van der Waals surface area contributed by atoms with Crippen molar-refractivity contribution in [1.82, 2.24) is 10.3 Å². The van der Waals surface area contributed by atoms with Crippen molar-refractivity contribution in [1.29, 1.82) is 0 Å². The molecule has 1 unspecified atom stereocenters. The Kier molecular flexibility index (Phi) is 4.24. The zero-order valence-electron chi connectivity index (χ0n) is 9.95. The molecule has 3 heteroatoms. The Morgan fingerprint density at radius 3 is 2.80 bits per heavy atom. The number of ether oxygens (including phenoxy) is 1. The summed E-state index contributed by atoms with van der Waals surface area (Å²) in [7, 11) is 1.73. The lowest BCUT2D eigenvalue weighted by Gasteiger charge is -2.25. The number of nitrogens with one attached hydrogen (secondary N) is 1. The predicted molar refractivity (Wildman–Crippen MR) is 61.7 cm³/mol. The van der Waals surface area contributed by atoms with Gasteiger partial charge >= 0.3 is 0 Å². The zero-order chi connectivity index (χ0) is 11.3. The molecule has 0 aromatic carbocycles. The van der Waals surface area contributed by atoms with Crippen molar-refractivity contribution < 1.29 is 4.74 Å². The van der Waals surface area contributed by atoms with Gasteiger partial charge in [-0.3, -0.25) is 4.98 Å². The van der Waals surface area contributed by atoms with Crippen molar-refractivity contribution >= 4 is 0 Å². The number of rotatable bonds is 5. The number of pyridine rings is 1. The number of nitrogens with zero attached hydrogens (tertiary/aromatic N) is 1. The van der Waals surface area contributed by atoms with Gasteiger partial charge in [-0.25, -0.2) is 0 Å². The predicted octanol–water partition coefficient (Wildman–Crippen LogP) is 2.16. The van der Waals surface area contributed by atoms with Gasteiger partial charge in [0.2, 0.25) is 0 Å². The summed E-state index contributed by atoms with van der Waals surface area (Å²) in [5, 5.41) is 3.43. The average Bonchev–Trinajstić information content (AvgIpc) is 2.27. The molecule has 0 saturated carbocycles. The molecular formula is C12H20N2O. The number of methoxy groups -OCH3 is 1. The Hall–Kier alpha value is -0.930. The summed E-state index contributed by atoms with van der Waals surface area (Å²) in [4.78, 5) is 4.10. The molecule has 84 valence electrons. The highest BCUT2D eigenvalue weighted by Gasteiger charge is 2.17. The average molecular weight is 208 g/mol. The fraction of sp³-hybridized carbons (Fsp3) is 0.583. The summed E-state index contributed by atoms with van der Waals surface area (Å²) in [6.45, 7) is 7.08. The van der Waals surface area contributed by atoms with Crippen LogP contribution in [0, 0.1) is 0 Å². The third-order valence-corrected chi connectivity index (χ3v) is 2.57. The molecule has 0 spiro atoms. The van der Waals surface area contributed by atoms with Crippen LogP contribution in [0.1, 0.15) is 32.4 Å². The van der Waals surface area contributed by atoms with Crippen LogP contribution < -0.4 is 5.32 Å². The minimum Gasteiger partial charge on any atom is -0.377 e. The van der Waals surface area contributed by atoms with Crippen molar-refractivity contribution in [2.24, 2.45) is 0 Å². The molecule has 1 aromatic rings. The smallest absolute Gasteiger partial charge is 0.0746 e. The van der Waals surface area contributed by atoms with Crippen LogP contribution in [0.3, 0.4) is 0 Å². The summed E-state index contributed by atoms with van der Waals surface area (Å²) < 4.78 is 5.35. The van der Waals surface area contributed by atoms with Crippen molar-refractivity contribution in [3.05, 3.63) is 30.1 Å². The summed E-state index contributed by atoms with van der Waals surface area (Å²) in [6.07, 6.45) is 3.67. The Morgan fingerprint density at radius 2 is 2.27 bits per heavy atom. The van der Waals surface area contributed by atoms with Crippen LogP contribution in [0.4, 0.5) is 0 Å².